The smallest absolute Gasteiger partial charge is 0.337 e. The van der Waals surface area contributed by atoms with Gasteiger partial charge in [0.1, 0.15) is 5.75 Å². The zero-order chi connectivity index (χ0) is 20.3. The topological polar surface area (TPSA) is 63.5 Å². The van der Waals surface area contributed by atoms with E-state index in [9.17, 15) is 9.90 Å². The molecule has 0 radical (unpaired) electrons. The lowest BCUT2D eigenvalue weighted by Crippen LogP contribution is -2.15. The first kappa shape index (κ1) is 19.7. The van der Waals surface area contributed by atoms with Crippen molar-refractivity contribution in [2.24, 2.45) is 0 Å². The van der Waals surface area contributed by atoms with Crippen LogP contribution in [0.1, 0.15) is 38.4 Å². The maximum atomic E-state index is 12.0. The van der Waals surface area contributed by atoms with E-state index in [0.29, 0.717) is 18.7 Å². The fourth-order valence-corrected chi connectivity index (χ4v) is 3.59. The van der Waals surface area contributed by atoms with Crippen LogP contribution in [-0.2, 0) is 13.1 Å². The third kappa shape index (κ3) is 3.94. The molecule has 0 fully saturated rings. The second-order valence-corrected chi connectivity index (χ2v) is 6.96. The molecule has 0 spiro atoms. The zero-order valence-corrected chi connectivity index (χ0v) is 16.7. The predicted molar refractivity (Wildman–Crippen MR) is 110 cm³/mol. The number of aromatic carboxylic acids is 1. The maximum Gasteiger partial charge on any atom is 0.337 e. The van der Waals surface area contributed by atoms with Crippen molar-refractivity contribution in [3.8, 4) is 11.4 Å². The van der Waals surface area contributed by atoms with Gasteiger partial charge < -0.3 is 19.7 Å². The van der Waals surface area contributed by atoms with Gasteiger partial charge in [-0.25, -0.2) is 4.79 Å². The van der Waals surface area contributed by atoms with Gasteiger partial charge in [0.2, 0.25) is 0 Å². The van der Waals surface area contributed by atoms with Crippen molar-refractivity contribution in [3.05, 3.63) is 82.2 Å². The second-order valence-electron chi connectivity index (χ2n) is 6.96. The monoisotopic (exact) mass is 378 g/mol. The van der Waals surface area contributed by atoms with Crippen molar-refractivity contribution in [1.82, 2.24) is 9.88 Å². The molecular weight excluding hydrogens is 352 g/mol. The number of nitrogens with one attached hydrogen (secondary N) is 1. The van der Waals surface area contributed by atoms with Crippen LogP contribution < -0.4 is 10.1 Å². The number of hydrogen-bond acceptors (Lipinski definition) is 3. The van der Waals surface area contributed by atoms with Crippen molar-refractivity contribution in [2.75, 3.05) is 7.11 Å². The highest BCUT2D eigenvalue weighted by molar-refractivity contribution is 5.91. The van der Waals surface area contributed by atoms with Gasteiger partial charge in [0, 0.05) is 35.7 Å². The van der Waals surface area contributed by atoms with E-state index < -0.39 is 5.97 Å². The molecule has 1 heterocycles. The number of carboxylic acids is 1. The Morgan fingerprint density at radius 2 is 1.75 bits per heavy atom. The fraction of sp³-hybridized carbons (Fsp3) is 0.261. The van der Waals surface area contributed by atoms with Crippen LogP contribution in [0.5, 0.6) is 5.75 Å². The Hall–Kier alpha value is -3.05. The molecule has 0 amide bonds. The average Bonchev–Trinajstić information content (AvgIpc) is 2.93. The minimum absolute atomic E-state index is 0.371. The molecule has 3 aromatic rings. The molecule has 2 aromatic carbocycles. The summed E-state index contributed by atoms with van der Waals surface area (Å²) in [7, 11) is 1.64. The number of methoxy groups -OCH3 is 1. The zero-order valence-electron chi connectivity index (χ0n) is 16.7. The Kier molecular flexibility index (Phi) is 5.85. The van der Waals surface area contributed by atoms with Crippen molar-refractivity contribution < 1.29 is 14.6 Å². The quantitative estimate of drug-likeness (QED) is 0.640. The fourth-order valence-electron chi connectivity index (χ4n) is 3.59. The van der Waals surface area contributed by atoms with Crippen LogP contribution in [0.4, 0.5) is 0 Å². The van der Waals surface area contributed by atoms with Crippen LogP contribution in [0.15, 0.2) is 48.5 Å². The lowest BCUT2D eigenvalue weighted by atomic mass is 10.1. The number of rotatable bonds is 7. The number of carboxylic acid groups (broad SMARTS) is 1. The van der Waals surface area contributed by atoms with Crippen LogP contribution in [0.3, 0.4) is 0 Å². The summed E-state index contributed by atoms with van der Waals surface area (Å²) in [5.74, 6) is -0.0901. The molecule has 0 aliphatic rings. The maximum absolute atomic E-state index is 12.0. The second kappa shape index (κ2) is 8.31. The van der Waals surface area contributed by atoms with Gasteiger partial charge in [0.15, 0.2) is 0 Å². The largest absolute Gasteiger partial charge is 0.497 e. The molecular formula is C23H26N2O3. The Morgan fingerprint density at radius 3 is 2.39 bits per heavy atom. The number of aryl methyl sites for hydroxylation is 1. The number of benzene rings is 2. The number of hydrogen-bond donors (Lipinski definition) is 2. The van der Waals surface area contributed by atoms with Crippen molar-refractivity contribution in [2.45, 2.75) is 33.9 Å². The normalized spacial score (nSPS) is 10.9. The molecule has 5 nitrogen and oxygen atoms in total. The predicted octanol–water partition coefficient (Wildman–Crippen LogP) is 4.40. The Balaban J connectivity index is 1.88. The SMILES string of the molecule is COc1cccc(CNCc2c(C(=O)O)c(C)n(-c3ccc(C)cc3)c2C)c1. The van der Waals surface area contributed by atoms with Gasteiger partial charge >= 0.3 is 5.97 Å². The van der Waals surface area contributed by atoms with Crippen LogP contribution in [0.25, 0.3) is 5.69 Å². The molecule has 0 bridgehead atoms. The molecule has 3 rings (SSSR count). The summed E-state index contributed by atoms with van der Waals surface area (Å²) in [6.07, 6.45) is 0. The van der Waals surface area contributed by atoms with Crippen LogP contribution >= 0.6 is 0 Å². The summed E-state index contributed by atoms with van der Waals surface area (Å²) in [5.41, 5.74) is 6.10. The number of aromatic nitrogens is 1. The highest BCUT2D eigenvalue weighted by Gasteiger charge is 2.23. The summed E-state index contributed by atoms with van der Waals surface area (Å²) in [4.78, 5) is 12.0. The first-order valence-corrected chi connectivity index (χ1v) is 9.27. The molecule has 0 saturated heterocycles. The van der Waals surface area contributed by atoms with E-state index in [1.54, 1.807) is 7.11 Å². The van der Waals surface area contributed by atoms with E-state index in [2.05, 4.69) is 5.32 Å². The highest BCUT2D eigenvalue weighted by atomic mass is 16.5. The summed E-state index contributed by atoms with van der Waals surface area (Å²) < 4.78 is 7.28. The van der Waals surface area contributed by atoms with Gasteiger partial charge in [-0.05, 0) is 50.6 Å². The molecule has 0 unspecified atom stereocenters. The van der Waals surface area contributed by atoms with Gasteiger partial charge in [-0.1, -0.05) is 29.8 Å². The van der Waals surface area contributed by atoms with E-state index in [0.717, 1.165) is 34.0 Å². The van der Waals surface area contributed by atoms with E-state index >= 15 is 0 Å². The minimum Gasteiger partial charge on any atom is -0.497 e. The summed E-state index contributed by atoms with van der Waals surface area (Å²) >= 11 is 0. The summed E-state index contributed by atoms with van der Waals surface area (Å²) in [6, 6.07) is 16.0. The Bertz CT molecular complexity index is 988. The number of carbonyl (C=O) groups is 1. The minimum atomic E-state index is -0.898. The van der Waals surface area contributed by atoms with Gasteiger partial charge in [0.25, 0.3) is 0 Å². The molecule has 0 atom stereocenters. The molecule has 2 N–H and O–H groups in total. The standard InChI is InChI=1S/C23H26N2O3/c1-15-8-10-19(11-9-15)25-16(2)21(22(17(25)3)23(26)27)14-24-13-18-6-5-7-20(12-18)28-4/h5-12,24H,13-14H2,1-4H3,(H,26,27). The first-order valence-electron chi connectivity index (χ1n) is 9.27. The Labute approximate surface area is 165 Å². The van der Waals surface area contributed by atoms with Crippen LogP contribution in [0.2, 0.25) is 0 Å². The van der Waals surface area contributed by atoms with Gasteiger partial charge in [0.05, 0.1) is 12.7 Å². The van der Waals surface area contributed by atoms with E-state index in [1.165, 1.54) is 5.56 Å². The number of nitrogens with zero attached hydrogens (tertiary/aromatic N) is 1. The van der Waals surface area contributed by atoms with E-state index in [-0.39, 0.29) is 0 Å². The Morgan fingerprint density at radius 1 is 1.04 bits per heavy atom. The van der Waals surface area contributed by atoms with E-state index in [4.69, 9.17) is 4.74 Å². The molecule has 28 heavy (non-hydrogen) atoms. The molecule has 1 aromatic heterocycles. The van der Waals surface area contributed by atoms with Gasteiger partial charge in [-0.2, -0.15) is 0 Å². The summed E-state index contributed by atoms with van der Waals surface area (Å²) in [6.45, 7) is 6.98. The molecule has 0 aliphatic heterocycles. The first-order chi connectivity index (χ1) is 13.4. The van der Waals surface area contributed by atoms with Crippen molar-refractivity contribution in [3.63, 3.8) is 0 Å². The highest BCUT2D eigenvalue weighted by Crippen LogP contribution is 2.27. The van der Waals surface area contributed by atoms with Gasteiger partial charge in [-0.3, -0.25) is 0 Å². The molecule has 0 saturated carbocycles. The molecule has 0 aliphatic carbocycles. The third-order valence-corrected chi connectivity index (χ3v) is 5.04. The van der Waals surface area contributed by atoms with Gasteiger partial charge in [-0.15, -0.1) is 0 Å². The summed E-state index contributed by atoms with van der Waals surface area (Å²) in [5, 5.41) is 13.2. The lowest BCUT2D eigenvalue weighted by molar-refractivity contribution is 0.0695. The third-order valence-electron chi connectivity index (χ3n) is 5.04. The number of ether oxygens (including phenoxy) is 1. The average molecular weight is 378 g/mol. The van der Waals surface area contributed by atoms with Crippen molar-refractivity contribution in [1.29, 1.82) is 0 Å². The van der Waals surface area contributed by atoms with Crippen LogP contribution in [-0.4, -0.2) is 22.8 Å². The molecule has 5 heteroatoms. The van der Waals surface area contributed by atoms with E-state index in [1.807, 2.05) is 73.9 Å². The van der Waals surface area contributed by atoms with Crippen LogP contribution in [0, 0.1) is 20.8 Å². The molecule has 146 valence electrons. The lowest BCUT2D eigenvalue weighted by Gasteiger charge is -2.11. The van der Waals surface area contributed by atoms with Crippen molar-refractivity contribution >= 4 is 5.97 Å².